The molecule has 0 spiro atoms. The van der Waals surface area contributed by atoms with Gasteiger partial charge in [0.15, 0.2) is 5.96 Å². The van der Waals surface area contributed by atoms with Gasteiger partial charge in [0, 0.05) is 50.9 Å². The van der Waals surface area contributed by atoms with Gasteiger partial charge in [0.25, 0.3) is 5.91 Å². The van der Waals surface area contributed by atoms with Gasteiger partial charge in [-0.2, -0.15) is 0 Å². The van der Waals surface area contributed by atoms with Gasteiger partial charge in [0.05, 0.1) is 0 Å². The molecule has 2 heterocycles. The molecule has 2 unspecified atom stereocenters. The van der Waals surface area contributed by atoms with E-state index >= 15 is 0 Å². The van der Waals surface area contributed by atoms with Crippen molar-refractivity contribution in [3.8, 4) is 0 Å². The lowest BCUT2D eigenvalue weighted by molar-refractivity contribution is -0.134. The molecule has 2 saturated heterocycles. The zero-order valence-electron chi connectivity index (χ0n) is 18.9. The van der Waals surface area contributed by atoms with Crippen LogP contribution in [0.4, 0.5) is 5.69 Å². The average Bonchev–Trinajstić information content (AvgIpc) is 3.58. The molecule has 1 aromatic rings. The summed E-state index contributed by atoms with van der Waals surface area (Å²) in [6.07, 6.45) is 6.76. The quantitative estimate of drug-likeness (QED) is 0.465. The zero-order chi connectivity index (χ0) is 22.3. The topological polar surface area (TPSA) is 95.1 Å². The van der Waals surface area contributed by atoms with Gasteiger partial charge >= 0.3 is 0 Å². The molecule has 2 amide bonds. The number of likely N-dealkylation sites (tertiary alicyclic amines) is 1. The average molecular weight is 442 g/mol. The van der Waals surface area contributed by atoms with Crippen molar-refractivity contribution in [1.82, 2.24) is 15.5 Å². The largest absolute Gasteiger partial charge is 0.368 e. The number of nitrogens with one attached hydrogen (secondary N) is 3. The molecule has 174 valence electrons. The summed E-state index contributed by atoms with van der Waals surface area (Å²) in [4.78, 5) is 31.3. The first-order chi connectivity index (χ1) is 15.6. The van der Waals surface area contributed by atoms with E-state index in [9.17, 15) is 9.59 Å². The van der Waals surface area contributed by atoms with Crippen LogP contribution < -0.4 is 16.0 Å². The molecule has 8 nitrogen and oxygen atoms in total. The molecule has 1 aliphatic carbocycles. The molecular weight excluding hydrogens is 406 g/mol. The highest BCUT2D eigenvalue weighted by molar-refractivity contribution is 5.94. The molecule has 3 aliphatic rings. The van der Waals surface area contributed by atoms with E-state index in [1.165, 1.54) is 12.8 Å². The van der Waals surface area contributed by atoms with E-state index in [1.54, 1.807) is 7.05 Å². The van der Waals surface area contributed by atoms with E-state index in [1.807, 2.05) is 29.2 Å². The number of hydrogen-bond donors (Lipinski definition) is 3. The van der Waals surface area contributed by atoms with E-state index in [0.717, 1.165) is 62.4 Å². The van der Waals surface area contributed by atoms with Crippen LogP contribution in [0.3, 0.4) is 0 Å². The summed E-state index contributed by atoms with van der Waals surface area (Å²) >= 11 is 0. The van der Waals surface area contributed by atoms with Crippen LogP contribution in [0.5, 0.6) is 0 Å². The van der Waals surface area contributed by atoms with Gasteiger partial charge in [-0.3, -0.25) is 14.6 Å². The Morgan fingerprint density at radius 2 is 2.00 bits per heavy atom. The monoisotopic (exact) mass is 441 g/mol. The highest BCUT2D eigenvalue weighted by atomic mass is 16.5. The molecule has 2 aliphatic heterocycles. The van der Waals surface area contributed by atoms with E-state index in [4.69, 9.17) is 4.74 Å². The number of carbonyl (C=O) groups excluding carboxylic acids is 2. The maximum Gasteiger partial charge on any atom is 0.253 e. The van der Waals surface area contributed by atoms with Gasteiger partial charge < -0.3 is 25.6 Å². The Morgan fingerprint density at radius 1 is 1.16 bits per heavy atom. The van der Waals surface area contributed by atoms with Crippen molar-refractivity contribution in [1.29, 1.82) is 0 Å². The van der Waals surface area contributed by atoms with E-state index in [0.29, 0.717) is 19.1 Å². The van der Waals surface area contributed by atoms with Crippen LogP contribution >= 0.6 is 0 Å². The minimum absolute atomic E-state index is 0.0805. The SMILES string of the molecule is CN=C(NCc1cccc(NC(=O)C2CCCO2)c1)NC1CCN(C(=O)C2CCCC2)C1. The predicted octanol–water partition coefficient (Wildman–Crippen LogP) is 2.26. The Balaban J connectivity index is 1.24. The Bertz CT molecular complexity index is 831. The molecule has 1 saturated carbocycles. The lowest BCUT2D eigenvalue weighted by atomic mass is 10.1. The standard InChI is InChI=1S/C24H35N5O3/c1-25-24(28-20-11-12-29(16-20)23(31)18-7-2-3-8-18)26-15-17-6-4-9-19(14-17)27-22(30)21-10-5-13-32-21/h4,6,9,14,18,20-21H,2-3,5,7-8,10-13,15-16H2,1H3,(H,27,30)(H2,25,26,28). The number of hydrogen-bond acceptors (Lipinski definition) is 4. The normalized spacial score (nSPS) is 24.0. The lowest BCUT2D eigenvalue weighted by Crippen LogP contribution is -2.45. The fourth-order valence-electron chi connectivity index (χ4n) is 4.85. The molecule has 0 aromatic heterocycles. The summed E-state index contributed by atoms with van der Waals surface area (Å²) in [5.74, 6) is 1.21. The Kier molecular flexibility index (Phi) is 7.63. The highest BCUT2D eigenvalue weighted by Gasteiger charge is 2.32. The van der Waals surface area contributed by atoms with Crippen molar-refractivity contribution < 1.29 is 14.3 Å². The Hall–Kier alpha value is -2.61. The number of carbonyl (C=O) groups is 2. The van der Waals surface area contributed by atoms with Crippen molar-refractivity contribution in [3.05, 3.63) is 29.8 Å². The third-order valence-electron chi connectivity index (χ3n) is 6.65. The molecule has 3 fully saturated rings. The second-order valence-electron chi connectivity index (χ2n) is 9.01. The van der Waals surface area contributed by atoms with Crippen molar-refractivity contribution in [3.63, 3.8) is 0 Å². The molecule has 2 atom stereocenters. The fraction of sp³-hybridized carbons (Fsp3) is 0.625. The van der Waals surface area contributed by atoms with Gasteiger partial charge in [-0.25, -0.2) is 0 Å². The van der Waals surface area contributed by atoms with Crippen molar-refractivity contribution in [2.45, 2.75) is 63.6 Å². The van der Waals surface area contributed by atoms with Crippen LogP contribution in [0, 0.1) is 5.92 Å². The van der Waals surface area contributed by atoms with E-state index < -0.39 is 0 Å². The van der Waals surface area contributed by atoms with Gasteiger partial charge in [0.2, 0.25) is 5.91 Å². The predicted molar refractivity (Wildman–Crippen MR) is 124 cm³/mol. The highest BCUT2D eigenvalue weighted by Crippen LogP contribution is 2.27. The smallest absolute Gasteiger partial charge is 0.253 e. The first kappa shape index (κ1) is 22.6. The number of anilines is 1. The maximum atomic E-state index is 12.7. The molecule has 4 rings (SSSR count). The molecular formula is C24H35N5O3. The number of guanidine groups is 1. The second kappa shape index (κ2) is 10.8. The van der Waals surface area contributed by atoms with E-state index in [-0.39, 0.29) is 24.0 Å². The minimum Gasteiger partial charge on any atom is -0.368 e. The van der Waals surface area contributed by atoms with Crippen LogP contribution in [0.1, 0.15) is 50.5 Å². The molecule has 3 N–H and O–H groups in total. The Morgan fingerprint density at radius 3 is 2.75 bits per heavy atom. The lowest BCUT2D eigenvalue weighted by Gasteiger charge is -2.21. The number of benzene rings is 1. The first-order valence-corrected chi connectivity index (χ1v) is 11.9. The third-order valence-corrected chi connectivity index (χ3v) is 6.65. The van der Waals surface area contributed by atoms with Crippen molar-refractivity contribution >= 4 is 23.5 Å². The van der Waals surface area contributed by atoms with Gasteiger partial charge in [-0.15, -0.1) is 0 Å². The molecule has 32 heavy (non-hydrogen) atoms. The summed E-state index contributed by atoms with van der Waals surface area (Å²) in [5.41, 5.74) is 1.81. The summed E-state index contributed by atoms with van der Waals surface area (Å²) in [5, 5.41) is 9.75. The van der Waals surface area contributed by atoms with Gasteiger partial charge in [-0.05, 0) is 49.8 Å². The zero-order valence-corrected chi connectivity index (χ0v) is 18.9. The summed E-state index contributed by atoms with van der Waals surface area (Å²) in [6.45, 7) is 2.79. The van der Waals surface area contributed by atoms with E-state index in [2.05, 4.69) is 20.9 Å². The van der Waals surface area contributed by atoms with Gasteiger partial charge in [-0.1, -0.05) is 25.0 Å². The number of ether oxygens (including phenoxy) is 1. The van der Waals surface area contributed by atoms with Crippen LogP contribution in [0.25, 0.3) is 0 Å². The van der Waals surface area contributed by atoms with Crippen molar-refractivity contribution in [2.24, 2.45) is 10.9 Å². The maximum absolute atomic E-state index is 12.7. The van der Waals surface area contributed by atoms with Crippen molar-refractivity contribution in [2.75, 3.05) is 32.1 Å². The third kappa shape index (κ3) is 5.79. The fourth-order valence-corrected chi connectivity index (χ4v) is 4.85. The molecule has 0 radical (unpaired) electrons. The second-order valence-corrected chi connectivity index (χ2v) is 9.01. The minimum atomic E-state index is -0.341. The summed E-state index contributed by atoms with van der Waals surface area (Å²) < 4.78 is 5.45. The number of amides is 2. The number of nitrogens with zero attached hydrogens (tertiary/aromatic N) is 2. The van der Waals surface area contributed by atoms with Crippen LogP contribution in [0.2, 0.25) is 0 Å². The van der Waals surface area contributed by atoms with Crippen LogP contribution in [0.15, 0.2) is 29.3 Å². The molecule has 8 heteroatoms. The first-order valence-electron chi connectivity index (χ1n) is 11.9. The van der Waals surface area contributed by atoms with Crippen LogP contribution in [-0.4, -0.2) is 61.6 Å². The molecule has 1 aromatic carbocycles. The van der Waals surface area contributed by atoms with Crippen LogP contribution in [-0.2, 0) is 20.9 Å². The molecule has 0 bridgehead atoms. The van der Waals surface area contributed by atoms with Gasteiger partial charge in [0.1, 0.15) is 6.10 Å². The number of aliphatic imine (C=N–C) groups is 1. The Labute approximate surface area is 190 Å². The summed E-state index contributed by atoms with van der Waals surface area (Å²) in [6, 6.07) is 8.01. The summed E-state index contributed by atoms with van der Waals surface area (Å²) in [7, 11) is 1.75. The number of rotatable bonds is 6.